The summed E-state index contributed by atoms with van der Waals surface area (Å²) in [5.74, 6) is 0.842. The minimum absolute atomic E-state index is 0.697. The number of aromatic nitrogens is 2. The van der Waals surface area contributed by atoms with Crippen LogP contribution < -0.4 is 5.73 Å². The fraction of sp³-hybridized carbons (Fsp3) is 0. The standard InChI is InChI=1S/C13H10ClN3/c14-10-3-1-2-9(6-10)13-16-7-12-5-4-11(15)8-17(12)13/h1-8H,15H2. The molecule has 0 saturated carbocycles. The Morgan fingerprint density at radius 1 is 1.18 bits per heavy atom. The van der Waals surface area contributed by atoms with Gasteiger partial charge < -0.3 is 5.73 Å². The number of rotatable bonds is 1. The van der Waals surface area contributed by atoms with Crippen LogP contribution in [-0.4, -0.2) is 9.38 Å². The van der Waals surface area contributed by atoms with Gasteiger partial charge in [0.05, 0.1) is 11.7 Å². The molecule has 17 heavy (non-hydrogen) atoms. The fourth-order valence-corrected chi connectivity index (χ4v) is 2.04. The maximum atomic E-state index is 5.98. The van der Waals surface area contributed by atoms with Gasteiger partial charge in [-0.2, -0.15) is 0 Å². The van der Waals surface area contributed by atoms with E-state index in [1.54, 1.807) is 0 Å². The molecule has 0 atom stereocenters. The Kier molecular flexibility index (Phi) is 2.27. The van der Waals surface area contributed by atoms with E-state index in [-0.39, 0.29) is 0 Å². The zero-order valence-electron chi connectivity index (χ0n) is 8.97. The van der Waals surface area contributed by atoms with Crippen molar-refractivity contribution >= 4 is 22.8 Å². The highest BCUT2D eigenvalue weighted by molar-refractivity contribution is 6.30. The third kappa shape index (κ3) is 1.74. The molecule has 0 aliphatic heterocycles. The van der Waals surface area contributed by atoms with Crippen molar-refractivity contribution in [3.8, 4) is 11.4 Å². The van der Waals surface area contributed by atoms with Crippen molar-refractivity contribution in [2.24, 2.45) is 0 Å². The molecule has 2 aromatic heterocycles. The summed E-state index contributed by atoms with van der Waals surface area (Å²) >= 11 is 5.98. The number of hydrogen-bond acceptors (Lipinski definition) is 2. The molecular weight excluding hydrogens is 234 g/mol. The zero-order chi connectivity index (χ0) is 11.8. The first-order valence-electron chi connectivity index (χ1n) is 5.22. The molecule has 0 amide bonds. The first-order chi connectivity index (χ1) is 8.24. The maximum absolute atomic E-state index is 5.98. The smallest absolute Gasteiger partial charge is 0.144 e. The lowest BCUT2D eigenvalue weighted by atomic mass is 10.2. The van der Waals surface area contributed by atoms with Crippen LogP contribution in [0.5, 0.6) is 0 Å². The van der Waals surface area contributed by atoms with E-state index >= 15 is 0 Å². The molecule has 3 rings (SSSR count). The molecule has 3 nitrogen and oxygen atoms in total. The second-order valence-electron chi connectivity index (χ2n) is 3.85. The Morgan fingerprint density at radius 2 is 2.06 bits per heavy atom. The molecular formula is C13H10ClN3. The predicted octanol–water partition coefficient (Wildman–Crippen LogP) is 3.24. The molecule has 0 fully saturated rings. The van der Waals surface area contributed by atoms with Crippen LogP contribution in [0.3, 0.4) is 0 Å². The van der Waals surface area contributed by atoms with E-state index in [1.165, 1.54) is 0 Å². The maximum Gasteiger partial charge on any atom is 0.144 e. The molecule has 84 valence electrons. The van der Waals surface area contributed by atoms with Crippen molar-refractivity contribution in [1.82, 2.24) is 9.38 Å². The monoisotopic (exact) mass is 243 g/mol. The van der Waals surface area contributed by atoms with E-state index in [4.69, 9.17) is 17.3 Å². The molecule has 1 aromatic carbocycles. The van der Waals surface area contributed by atoms with Crippen molar-refractivity contribution < 1.29 is 0 Å². The molecule has 0 saturated heterocycles. The van der Waals surface area contributed by atoms with Crippen LogP contribution in [0.4, 0.5) is 5.69 Å². The van der Waals surface area contributed by atoms with Gasteiger partial charge in [0, 0.05) is 22.5 Å². The van der Waals surface area contributed by atoms with Crippen LogP contribution in [0.15, 0.2) is 48.8 Å². The summed E-state index contributed by atoms with van der Waals surface area (Å²) in [4.78, 5) is 4.40. The number of fused-ring (bicyclic) bond motifs is 1. The summed E-state index contributed by atoms with van der Waals surface area (Å²) in [5.41, 5.74) is 8.48. The van der Waals surface area contributed by atoms with E-state index < -0.39 is 0 Å². The number of halogens is 1. The van der Waals surface area contributed by atoms with Crippen molar-refractivity contribution in [3.05, 3.63) is 53.8 Å². The van der Waals surface area contributed by atoms with Gasteiger partial charge in [-0.1, -0.05) is 23.7 Å². The third-order valence-electron chi connectivity index (χ3n) is 2.63. The molecule has 0 radical (unpaired) electrons. The van der Waals surface area contributed by atoms with Crippen LogP contribution >= 0.6 is 11.6 Å². The largest absolute Gasteiger partial charge is 0.398 e. The van der Waals surface area contributed by atoms with E-state index in [1.807, 2.05) is 53.2 Å². The van der Waals surface area contributed by atoms with Crippen molar-refractivity contribution in [1.29, 1.82) is 0 Å². The number of nitrogens with two attached hydrogens (primary N) is 1. The number of benzene rings is 1. The molecule has 0 unspecified atom stereocenters. The van der Waals surface area contributed by atoms with Crippen LogP contribution in [0.2, 0.25) is 5.02 Å². The summed E-state index contributed by atoms with van der Waals surface area (Å²) < 4.78 is 1.96. The van der Waals surface area contributed by atoms with Gasteiger partial charge in [-0.15, -0.1) is 0 Å². The highest BCUT2D eigenvalue weighted by atomic mass is 35.5. The summed E-state index contributed by atoms with van der Waals surface area (Å²) in [5, 5.41) is 0.697. The van der Waals surface area contributed by atoms with Crippen LogP contribution in [0.1, 0.15) is 0 Å². The molecule has 2 heterocycles. The molecule has 0 aliphatic rings. The number of nitrogens with zero attached hydrogens (tertiary/aromatic N) is 2. The van der Waals surface area contributed by atoms with Gasteiger partial charge in [0.25, 0.3) is 0 Å². The minimum atomic E-state index is 0.697. The van der Waals surface area contributed by atoms with Crippen LogP contribution in [0.25, 0.3) is 16.9 Å². The number of imidazole rings is 1. The number of pyridine rings is 1. The Balaban J connectivity index is 2.27. The van der Waals surface area contributed by atoms with Gasteiger partial charge >= 0.3 is 0 Å². The highest BCUT2D eigenvalue weighted by Crippen LogP contribution is 2.23. The van der Waals surface area contributed by atoms with E-state index in [9.17, 15) is 0 Å². The van der Waals surface area contributed by atoms with Crippen molar-refractivity contribution in [2.75, 3.05) is 5.73 Å². The minimum Gasteiger partial charge on any atom is -0.398 e. The first kappa shape index (κ1) is 10.2. The summed E-state index contributed by atoms with van der Waals surface area (Å²) in [7, 11) is 0. The molecule has 2 N–H and O–H groups in total. The van der Waals surface area contributed by atoms with E-state index in [0.717, 1.165) is 16.9 Å². The van der Waals surface area contributed by atoms with Crippen LogP contribution in [0, 0.1) is 0 Å². The summed E-state index contributed by atoms with van der Waals surface area (Å²) in [6.45, 7) is 0. The van der Waals surface area contributed by atoms with Crippen molar-refractivity contribution in [3.63, 3.8) is 0 Å². The van der Waals surface area contributed by atoms with E-state index in [0.29, 0.717) is 10.7 Å². The molecule has 0 aliphatic carbocycles. The van der Waals surface area contributed by atoms with Crippen molar-refractivity contribution in [2.45, 2.75) is 0 Å². The fourth-order valence-electron chi connectivity index (χ4n) is 1.85. The molecule has 4 heteroatoms. The van der Waals surface area contributed by atoms with Gasteiger partial charge in [0.1, 0.15) is 5.82 Å². The molecule has 3 aromatic rings. The third-order valence-corrected chi connectivity index (χ3v) is 2.87. The van der Waals surface area contributed by atoms with Gasteiger partial charge in [-0.05, 0) is 24.3 Å². The van der Waals surface area contributed by atoms with Gasteiger partial charge in [0.2, 0.25) is 0 Å². The lowest BCUT2D eigenvalue weighted by molar-refractivity contribution is 1.17. The highest BCUT2D eigenvalue weighted by Gasteiger charge is 2.06. The lowest BCUT2D eigenvalue weighted by Crippen LogP contribution is -1.92. The second kappa shape index (κ2) is 3.79. The topological polar surface area (TPSA) is 43.3 Å². The quantitative estimate of drug-likeness (QED) is 0.713. The number of nitrogen functional groups attached to an aromatic ring is 1. The SMILES string of the molecule is Nc1ccc2cnc(-c3cccc(Cl)c3)n2c1. The lowest BCUT2D eigenvalue weighted by Gasteiger charge is -2.03. The average Bonchev–Trinajstić information content (AvgIpc) is 2.71. The Morgan fingerprint density at radius 3 is 2.88 bits per heavy atom. The van der Waals surface area contributed by atoms with Gasteiger partial charge in [-0.25, -0.2) is 4.98 Å². The number of anilines is 1. The van der Waals surface area contributed by atoms with Gasteiger partial charge in [0.15, 0.2) is 0 Å². The Bertz CT molecular complexity index is 688. The zero-order valence-corrected chi connectivity index (χ0v) is 9.72. The van der Waals surface area contributed by atoms with Gasteiger partial charge in [-0.3, -0.25) is 4.40 Å². The predicted molar refractivity (Wildman–Crippen MR) is 70.1 cm³/mol. The van der Waals surface area contributed by atoms with Crippen LogP contribution in [-0.2, 0) is 0 Å². The molecule has 0 bridgehead atoms. The Labute approximate surface area is 103 Å². The average molecular weight is 244 g/mol. The normalized spacial score (nSPS) is 10.9. The Hall–Kier alpha value is -2.00. The first-order valence-corrected chi connectivity index (χ1v) is 5.60. The second-order valence-corrected chi connectivity index (χ2v) is 4.29. The summed E-state index contributed by atoms with van der Waals surface area (Å²) in [6, 6.07) is 11.4. The molecule has 0 spiro atoms. The van der Waals surface area contributed by atoms with E-state index in [2.05, 4.69) is 4.98 Å². The number of hydrogen-bond donors (Lipinski definition) is 1. The summed E-state index contributed by atoms with van der Waals surface area (Å²) in [6.07, 6.45) is 3.67.